The maximum Gasteiger partial charge on any atom is 0.238 e. The SMILES string of the molecule is CCC1(CNC(=NCc2ccc(S(N)(=O)=O)cc2)NCCc2ccco2)CCCC1.I. The van der Waals surface area contributed by atoms with E-state index in [1.807, 2.05) is 12.1 Å². The number of nitrogens with two attached hydrogens (primary N) is 1. The number of benzene rings is 1. The zero-order valence-electron chi connectivity index (χ0n) is 18.0. The van der Waals surface area contributed by atoms with Gasteiger partial charge in [0.1, 0.15) is 5.76 Å². The van der Waals surface area contributed by atoms with Crippen LogP contribution in [0.2, 0.25) is 0 Å². The Hall–Kier alpha value is -1.59. The fraction of sp³-hybridized carbons (Fsp3) is 0.500. The third-order valence-corrected chi connectivity index (χ3v) is 6.89. The molecule has 1 fully saturated rings. The fourth-order valence-corrected chi connectivity index (χ4v) is 4.46. The number of sulfonamides is 1. The highest BCUT2D eigenvalue weighted by molar-refractivity contribution is 14.0. The molecule has 1 aliphatic rings. The van der Waals surface area contributed by atoms with E-state index in [0.29, 0.717) is 18.5 Å². The van der Waals surface area contributed by atoms with Crippen LogP contribution in [0.1, 0.15) is 50.4 Å². The van der Waals surface area contributed by atoms with Crippen molar-refractivity contribution in [3.63, 3.8) is 0 Å². The summed E-state index contributed by atoms with van der Waals surface area (Å²) < 4.78 is 28.2. The molecule has 3 rings (SSSR count). The number of primary sulfonamides is 1. The summed E-state index contributed by atoms with van der Waals surface area (Å²) in [6, 6.07) is 10.4. The summed E-state index contributed by atoms with van der Waals surface area (Å²) in [5.41, 5.74) is 1.27. The summed E-state index contributed by atoms with van der Waals surface area (Å²) in [4.78, 5) is 4.82. The smallest absolute Gasteiger partial charge is 0.238 e. The number of nitrogens with zero attached hydrogens (tertiary/aromatic N) is 1. The predicted octanol–water partition coefficient (Wildman–Crippen LogP) is 3.79. The highest BCUT2D eigenvalue weighted by Gasteiger charge is 2.31. The maximum atomic E-state index is 11.4. The zero-order valence-corrected chi connectivity index (χ0v) is 21.1. The second kappa shape index (κ2) is 11.9. The number of furan rings is 1. The van der Waals surface area contributed by atoms with Gasteiger partial charge in [0.05, 0.1) is 17.7 Å². The van der Waals surface area contributed by atoms with Gasteiger partial charge in [-0.1, -0.05) is 31.9 Å². The summed E-state index contributed by atoms with van der Waals surface area (Å²) in [6.45, 7) is 4.32. The van der Waals surface area contributed by atoms with E-state index < -0.39 is 10.0 Å². The molecule has 0 unspecified atom stereocenters. The molecule has 0 amide bonds. The monoisotopic (exact) mass is 560 g/mol. The van der Waals surface area contributed by atoms with Crippen molar-refractivity contribution in [2.45, 2.75) is 56.9 Å². The number of rotatable bonds is 9. The number of aliphatic imine (C=N–C) groups is 1. The lowest BCUT2D eigenvalue weighted by molar-refractivity contribution is 0.283. The van der Waals surface area contributed by atoms with Crippen molar-refractivity contribution in [3.8, 4) is 0 Å². The molecule has 7 nitrogen and oxygen atoms in total. The van der Waals surface area contributed by atoms with E-state index in [9.17, 15) is 8.42 Å². The molecule has 31 heavy (non-hydrogen) atoms. The number of nitrogens with one attached hydrogen (secondary N) is 2. The van der Waals surface area contributed by atoms with Gasteiger partial charge in [-0.3, -0.25) is 0 Å². The Morgan fingerprint density at radius 1 is 1.16 bits per heavy atom. The van der Waals surface area contributed by atoms with Crippen molar-refractivity contribution in [1.82, 2.24) is 10.6 Å². The zero-order chi connectivity index (χ0) is 21.5. The van der Waals surface area contributed by atoms with Crippen LogP contribution in [0.25, 0.3) is 0 Å². The van der Waals surface area contributed by atoms with Gasteiger partial charge >= 0.3 is 0 Å². The topological polar surface area (TPSA) is 110 Å². The Labute approximate surface area is 202 Å². The normalized spacial score (nSPS) is 16.0. The second-order valence-electron chi connectivity index (χ2n) is 8.02. The first-order valence-electron chi connectivity index (χ1n) is 10.6. The molecular formula is C22H33IN4O3S. The number of hydrogen-bond acceptors (Lipinski definition) is 4. The molecular weight excluding hydrogens is 527 g/mol. The third kappa shape index (κ3) is 7.80. The molecule has 0 saturated heterocycles. The van der Waals surface area contributed by atoms with Crippen LogP contribution in [0.4, 0.5) is 0 Å². The maximum absolute atomic E-state index is 11.4. The van der Waals surface area contributed by atoms with Crippen LogP contribution >= 0.6 is 24.0 Å². The van der Waals surface area contributed by atoms with Crippen molar-refractivity contribution in [2.75, 3.05) is 13.1 Å². The van der Waals surface area contributed by atoms with E-state index in [1.54, 1.807) is 18.4 Å². The van der Waals surface area contributed by atoms with Gasteiger partial charge in [0, 0.05) is 19.5 Å². The molecule has 1 heterocycles. The number of halogens is 1. The molecule has 0 atom stereocenters. The minimum Gasteiger partial charge on any atom is -0.469 e. The Bertz CT molecular complexity index is 922. The molecule has 9 heteroatoms. The molecule has 1 aliphatic carbocycles. The molecule has 1 aromatic heterocycles. The van der Waals surface area contributed by atoms with Gasteiger partial charge in [0.15, 0.2) is 5.96 Å². The first-order chi connectivity index (χ1) is 14.4. The molecule has 4 N–H and O–H groups in total. The van der Waals surface area contributed by atoms with Crippen LogP contribution in [-0.4, -0.2) is 27.5 Å². The average Bonchev–Trinajstić information content (AvgIpc) is 3.42. The third-order valence-electron chi connectivity index (χ3n) is 5.96. The molecule has 1 saturated carbocycles. The van der Waals surface area contributed by atoms with Crippen molar-refractivity contribution < 1.29 is 12.8 Å². The van der Waals surface area contributed by atoms with Crippen LogP contribution in [0.3, 0.4) is 0 Å². The standard InChI is InChI=1S/C22H32N4O3S.HI/c1-2-22(12-3-4-13-22)17-26-21(24-14-11-19-6-5-15-29-19)25-16-18-7-9-20(10-8-18)30(23,27)28;/h5-10,15H,2-4,11-14,16-17H2,1H3,(H2,23,27,28)(H2,24,25,26);1H. The van der Waals surface area contributed by atoms with E-state index in [1.165, 1.54) is 37.8 Å². The van der Waals surface area contributed by atoms with Crippen LogP contribution < -0.4 is 15.8 Å². The van der Waals surface area contributed by atoms with E-state index in [4.69, 9.17) is 14.5 Å². The van der Waals surface area contributed by atoms with Gasteiger partial charge in [-0.15, -0.1) is 24.0 Å². The molecule has 172 valence electrons. The molecule has 0 radical (unpaired) electrons. The van der Waals surface area contributed by atoms with Gasteiger partial charge in [-0.25, -0.2) is 18.5 Å². The summed E-state index contributed by atoms with van der Waals surface area (Å²) in [6.07, 6.45) is 8.72. The lowest BCUT2D eigenvalue weighted by Gasteiger charge is -2.28. The minimum atomic E-state index is -3.68. The Morgan fingerprint density at radius 3 is 2.45 bits per heavy atom. The van der Waals surface area contributed by atoms with Crippen LogP contribution in [0, 0.1) is 5.41 Å². The van der Waals surface area contributed by atoms with E-state index >= 15 is 0 Å². The Morgan fingerprint density at radius 2 is 1.87 bits per heavy atom. The van der Waals surface area contributed by atoms with Gasteiger partial charge in [0.25, 0.3) is 0 Å². The summed E-state index contributed by atoms with van der Waals surface area (Å²) >= 11 is 0. The van der Waals surface area contributed by atoms with Crippen LogP contribution in [-0.2, 0) is 23.0 Å². The number of guanidine groups is 1. The van der Waals surface area contributed by atoms with Crippen LogP contribution in [0.15, 0.2) is 57.0 Å². The quantitative estimate of drug-likeness (QED) is 0.246. The van der Waals surface area contributed by atoms with Gasteiger partial charge < -0.3 is 15.1 Å². The molecule has 1 aromatic carbocycles. The molecule has 0 spiro atoms. The second-order valence-corrected chi connectivity index (χ2v) is 9.59. The lowest BCUT2D eigenvalue weighted by Crippen LogP contribution is -2.43. The van der Waals surface area contributed by atoms with E-state index in [-0.39, 0.29) is 28.9 Å². The summed E-state index contributed by atoms with van der Waals surface area (Å²) in [5.74, 6) is 1.69. The van der Waals surface area contributed by atoms with E-state index in [0.717, 1.165) is 36.7 Å². The largest absolute Gasteiger partial charge is 0.469 e. The van der Waals surface area contributed by atoms with E-state index in [2.05, 4.69) is 17.6 Å². The highest BCUT2D eigenvalue weighted by atomic mass is 127. The first kappa shape index (κ1) is 25.7. The van der Waals surface area contributed by atoms with Crippen molar-refractivity contribution in [1.29, 1.82) is 0 Å². The predicted molar refractivity (Wildman–Crippen MR) is 134 cm³/mol. The first-order valence-corrected chi connectivity index (χ1v) is 12.1. The minimum absolute atomic E-state index is 0. The summed E-state index contributed by atoms with van der Waals surface area (Å²) in [7, 11) is -3.68. The van der Waals surface area contributed by atoms with Crippen molar-refractivity contribution in [3.05, 3.63) is 54.0 Å². The van der Waals surface area contributed by atoms with Gasteiger partial charge in [-0.2, -0.15) is 0 Å². The van der Waals surface area contributed by atoms with Crippen molar-refractivity contribution >= 4 is 40.0 Å². The number of hydrogen-bond donors (Lipinski definition) is 3. The lowest BCUT2D eigenvalue weighted by atomic mass is 9.83. The van der Waals surface area contributed by atoms with Crippen LogP contribution in [0.5, 0.6) is 0 Å². The molecule has 0 bridgehead atoms. The Balaban J connectivity index is 0.00000341. The Kier molecular flexibility index (Phi) is 9.83. The summed E-state index contributed by atoms with van der Waals surface area (Å²) in [5, 5.41) is 12.1. The highest BCUT2D eigenvalue weighted by Crippen LogP contribution is 2.40. The molecule has 2 aromatic rings. The molecule has 0 aliphatic heterocycles. The van der Waals surface area contributed by atoms with Gasteiger partial charge in [-0.05, 0) is 54.5 Å². The van der Waals surface area contributed by atoms with Crippen molar-refractivity contribution in [2.24, 2.45) is 15.5 Å². The average molecular weight is 561 g/mol. The fourth-order valence-electron chi connectivity index (χ4n) is 3.94. The van der Waals surface area contributed by atoms with Gasteiger partial charge in [0.2, 0.25) is 10.0 Å².